The van der Waals surface area contributed by atoms with Gasteiger partial charge in [-0.3, -0.25) is 4.90 Å². The van der Waals surface area contributed by atoms with E-state index in [4.69, 9.17) is 5.73 Å². The lowest BCUT2D eigenvalue weighted by Crippen LogP contribution is -2.51. The van der Waals surface area contributed by atoms with Crippen molar-refractivity contribution < 1.29 is 0 Å². The minimum Gasteiger partial charge on any atom is -0.329 e. The maximum absolute atomic E-state index is 6.00. The third-order valence-electron chi connectivity index (χ3n) is 5.54. The second-order valence-electron chi connectivity index (χ2n) is 6.77. The van der Waals surface area contributed by atoms with E-state index in [1.807, 2.05) is 0 Å². The fourth-order valence-electron chi connectivity index (χ4n) is 4.16. The zero-order valence-corrected chi connectivity index (χ0v) is 11.9. The van der Waals surface area contributed by atoms with Crippen LogP contribution in [0.5, 0.6) is 0 Å². The maximum atomic E-state index is 6.00. The molecule has 2 aliphatic carbocycles. The maximum Gasteiger partial charge on any atom is 0.0300 e. The standard InChI is InChI=1S/C15H30N2/c1-4-7-15(2,11-16)17(3)10-14-9-12-5-6-13(14)8-12/h12-14H,4-11,16H2,1-3H3. The van der Waals surface area contributed by atoms with Crippen LogP contribution in [-0.2, 0) is 0 Å². The van der Waals surface area contributed by atoms with Crippen molar-refractivity contribution in [1.82, 2.24) is 4.90 Å². The van der Waals surface area contributed by atoms with Crippen LogP contribution in [0.1, 0.15) is 52.4 Å². The number of nitrogens with two attached hydrogens (primary N) is 1. The molecule has 2 saturated carbocycles. The SMILES string of the molecule is CCCC(C)(CN)N(C)CC1CC2CCC1C2. The molecule has 0 saturated heterocycles. The van der Waals surface area contributed by atoms with Gasteiger partial charge in [-0.15, -0.1) is 0 Å². The fourth-order valence-corrected chi connectivity index (χ4v) is 4.16. The molecule has 0 radical (unpaired) electrons. The summed E-state index contributed by atoms with van der Waals surface area (Å²) in [5.74, 6) is 3.06. The Morgan fingerprint density at radius 1 is 1.29 bits per heavy atom. The van der Waals surface area contributed by atoms with Crippen molar-refractivity contribution in [2.24, 2.45) is 23.5 Å². The Morgan fingerprint density at radius 3 is 2.53 bits per heavy atom. The molecule has 4 atom stereocenters. The molecule has 2 fully saturated rings. The third kappa shape index (κ3) is 2.68. The molecule has 4 unspecified atom stereocenters. The van der Waals surface area contributed by atoms with Crippen molar-refractivity contribution in [1.29, 1.82) is 0 Å². The first kappa shape index (κ1) is 13.4. The third-order valence-corrected chi connectivity index (χ3v) is 5.54. The smallest absolute Gasteiger partial charge is 0.0300 e. The predicted octanol–water partition coefficient (Wildman–Crippen LogP) is 2.87. The van der Waals surface area contributed by atoms with Crippen molar-refractivity contribution >= 4 is 0 Å². The van der Waals surface area contributed by atoms with Crippen molar-refractivity contribution in [3.05, 3.63) is 0 Å². The van der Waals surface area contributed by atoms with Gasteiger partial charge >= 0.3 is 0 Å². The predicted molar refractivity (Wildman–Crippen MR) is 73.9 cm³/mol. The highest BCUT2D eigenvalue weighted by Gasteiger charge is 2.41. The van der Waals surface area contributed by atoms with Gasteiger partial charge in [-0.2, -0.15) is 0 Å². The van der Waals surface area contributed by atoms with Crippen molar-refractivity contribution in [2.45, 2.75) is 57.9 Å². The largest absolute Gasteiger partial charge is 0.329 e. The minimum absolute atomic E-state index is 0.219. The summed E-state index contributed by atoms with van der Waals surface area (Å²) in [5, 5.41) is 0. The van der Waals surface area contributed by atoms with Crippen LogP contribution in [0, 0.1) is 17.8 Å². The lowest BCUT2D eigenvalue weighted by Gasteiger charge is -2.40. The molecular formula is C15H30N2. The summed E-state index contributed by atoms with van der Waals surface area (Å²) in [6, 6.07) is 0. The highest BCUT2D eigenvalue weighted by atomic mass is 15.2. The Morgan fingerprint density at radius 2 is 2.06 bits per heavy atom. The molecule has 0 aromatic heterocycles. The first-order valence-corrected chi connectivity index (χ1v) is 7.50. The molecule has 2 aliphatic rings. The van der Waals surface area contributed by atoms with Gasteiger partial charge in [-0.05, 0) is 57.4 Å². The van der Waals surface area contributed by atoms with Gasteiger partial charge in [0.05, 0.1) is 0 Å². The van der Waals surface area contributed by atoms with E-state index in [9.17, 15) is 0 Å². The van der Waals surface area contributed by atoms with Crippen LogP contribution < -0.4 is 5.73 Å². The van der Waals surface area contributed by atoms with Crippen LogP contribution in [0.2, 0.25) is 0 Å². The summed E-state index contributed by atoms with van der Waals surface area (Å²) in [6.45, 7) is 6.66. The first-order valence-electron chi connectivity index (χ1n) is 7.50. The Labute approximate surface area is 107 Å². The molecule has 17 heavy (non-hydrogen) atoms. The van der Waals surface area contributed by atoms with Gasteiger partial charge in [0.2, 0.25) is 0 Å². The Kier molecular flexibility index (Phi) is 4.14. The molecule has 0 aromatic rings. The number of rotatable bonds is 6. The second kappa shape index (κ2) is 5.27. The topological polar surface area (TPSA) is 29.3 Å². The normalized spacial score (nSPS) is 35.5. The van der Waals surface area contributed by atoms with E-state index < -0.39 is 0 Å². The summed E-state index contributed by atoms with van der Waals surface area (Å²) in [7, 11) is 2.29. The van der Waals surface area contributed by atoms with Gasteiger partial charge in [0, 0.05) is 18.6 Å². The van der Waals surface area contributed by atoms with E-state index in [2.05, 4.69) is 25.8 Å². The molecular weight excluding hydrogens is 208 g/mol. The summed E-state index contributed by atoms with van der Waals surface area (Å²) < 4.78 is 0. The lowest BCUT2D eigenvalue weighted by atomic mass is 9.86. The Hall–Kier alpha value is -0.0800. The minimum atomic E-state index is 0.219. The van der Waals surface area contributed by atoms with Crippen LogP contribution in [0.15, 0.2) is 0 Å². The molecule has 0 heterocycles. The summed E-state index contributed by atoms with van der Waals surface area (Å²) >= 11 is 0. The molecule has 2 bridgehead atoms. The molecule has 100 valence electrons. The number of nitrogens with zero attached hydrogens (tertiary/aromatic N) is 1. The number of hydrogen-bond donors (Lipinski definition) is 1. The molecule has 0 amide bonds. The summed E-state index contributed by atoms with van der Waals surface area (Å²) in [4.78, 5) is 2.56. The average Bonchev–Trinajstić information content (AvgIpc) is 2.91. The first-order chi connectivity index (χ1) is 8.09. The van der Waals surface area contributed by atoms with Gasteiger partial charge in [0.15, 0.2) is 0 Å². The average molecular weight is 238 g/mol. The van der Waals surface area contributed by atoms with Crippen molar-refractivity contribution in [2.75, 3.05) is 20.1 Å². The van der Waals surface area contributed by atoms with Crippen LogP contribution >= 0.6 is 0 Å². The van der Waals surface area contributed by atoms with Crippen LogP contribution in [0.25, 0.3) is 0 Å². The quantitative estimate of drug-likeness (QED) is 0.771. The zero-order chi connectivity index (χ0) is 12.5. The van der Waals surface area contributed by atoms with E-state index in [1.165, 1.54) is 45.1 Å². The molecule has 2 N–H and O–H groups in total. The highest BCUT2D eigenvalue weighted by molar-refractivity contribution is 4.93. The molecule has 2 nitrogen and oxygen atoms in total. The zero-order valence-electron chi connectivity index (χ0n) is 11.9. The van der Waals surface area contributed by atoms with Gasteiger partial charge in [0.1, 0.15) is 0 Å². The van der Waals surface area contributed by atoms with E-state index in [1.54, 1.807) is 0 Å². The molecule has 0 aromatic carbocycles. The molecule has 2 heteroatoms. The van der Waals surface area contributed by atoms with Gasteiger partial charge in [0.25, 0.3) is 0 Å². The van der Waals surface area contributed by atoms with Gasteiger partial charge in [-0.1, -0.05) is 19.8 Å². The van der Waals surface area contributed by atoms with Gasteiger partial charge < -0.3 is 5.73 Å². The van der Waals surface area contributed by atoms with Crippen LogP contribution in [-0.4, -0.2) is 30.6 Å². The fraction of sp³-hybridized carbons (Fsp3) is 1.00. The van der Waals surface area contributed by atoms with E-state index in [0.717, 1.165) is 24.3 Å². The number of likely N-dealkylation sites (N-methyl/N-ethyl adjacent to an activating group) is 1. The van der Waals surface area contributed by atoms with Crippen molar-refractivity contribution in [3.63, 3.8) is 0 Å². The lowest BCUT2D eigenvalue weighted by molar-refractivity contribution is 0.0967. The summed E-state index contributed by atoms with van der Waals surface area (Å²) in [6.07, 6.45) is 8.47. The Balaban J connectivity index is 1.89. The Bertz CT molecular complexity index is 253. The number of fused-ring (bicyclic) bond motifs is 2. The molecule has 0 aliphatic heterocycles. The van der Waals surface area contributed by atoms with Crippen LogP contribution in [0.4, 0.5) is 0 Å². The van der Waals surface area contributed by atoms with E-state index in [-0.39, 0.29) is 5.54 Å². The van der Waals surface area contributed by atoms with Gasteiger partial charge in [-0.25, -0.2) is 0 Å². The van der Waals surface area contributed by atoms with Crippen molar-refractivity contribution in [3.8, 4) is 0 Å². The van der Waals surface area contributed by atoms with Crippen LogP contribution in [0.3, 0.4) is 0 Å². The summed E-state index contributed by atoms with van der Waals surface area (Å²) in [5.41, 5.74) is 6.22. The number of hydrogen-bond acceptors (Lipinski definition) is 2. The monoisotopic (exact) mass is 238 g/mol. The highest BCUT2D eigenvalue weighted by Crippen LogP contribution is 2.48. The molecule has 2 rings (SSSR count). The molecule has 0 spiro atoms. The van der Waals surface area contributed by atoms with E-state index >= 15 is 0 Å². The second-order valence-corrected chi connectivity index (χ2v) is 6.77. The van der Waals surface area contributed by atoms with E-state index in [0.29, 0.717) is 0 Å².